The van der Waals surface area contributed by atoms with Crippen molar-refractivity contribution in [2.75, 3.05) is 13.1 Å². The normalized spacial score (nSPS) is 17.5. The summed E-state index contributed by atoms with van der Waals surface area (Å²) >= 11 is 0. The van der Waals surface area contributed by atoms with Gasteiger partial charge in [-0.15, -0.1) is 0 Å². The predicted molar refractivity (Wildman–Crippen MR) is 99.1 cm³/mol. The summed E-state index contributed by atoms with van der Waals surface area (Å²) in [6, 6.07) is 4.05. The Morgan fingerprint density at radius 1 is 1.35 bits per heavy atom. The number of likely N-dealkylation sites (tertiary alicyclic amines) is 1. The average Bonchev–Trinajstić information content (AvgIpc) is 3.37. The van der Waals surface area contributed by atoms with E-state index in [2.05, 4.69) is 28.5 Å². The number of carbonyl (C=O) groups excluding carboxylic acids is 1. The van der Waals surface area contributed by atoms with Crippen LogP contribution in [-0.4, -0.2) is 48.2 Å². The molecule has 1 aliphatic heterocycles. The summed E-state index contributed by atoms with van der Waals surface area (Å²) in [5, 5.41) is 4.35. The van der Waals surface area contributed by atoms with E-state index in [1.165, 1.54) is 0 Å². The Morgan fingerprint density at radius 2 is 2.19 bits per heavy atom. The number of pyridine rings is 1. The van der Waals surface area contributed by atoms with Crippen molar-refractivity contribution in [1.82, 2.24) is 29.2 Å². The molecule has 4 rings (SSSR count). The topological polar surface area (TPSA) is 68.8 Å². The van der Waals surface area contributed by atoms with E-state index in [0.717, 1.165) is 36.4 Å². The van der Waals surface area contributed by atoms with Crippen LogP contribution in [0.2, 0.25) is 0 Å². The molecule has 7 heteroatoms. The van der Waals surface area contributed by atoms with Crippen LogP contribution in [0.5, 0.6) is 0 Å². The molecular weight excluding hydrogens is 328 g/mol. The monoisotopic (exact) mass is 352 g/mol. The quantitative estimate of drug-likeness (QED) is 0.724. The van der Waals surface area contributed by atoms with Gasteiger partial charge < -0.3 is 9.47 Å². The Labute approximate surface area is 152 Å². The second-order valence-corrected chi connectivity index (χ2v) is 7.09. The zero-order chi connectivity index (χ0) is 18.3. The fourth-order valence-corrected chi connectivity index (χ4v) is 3.76. The Bertz CT molecular complexity index is 941. The van der Waals surface area contributed by atoms with E-state index in [9.17, 15) is 4.79 Å². The smallest absolute Gasteiger partial charge is 0.274 e. The number of fused-ring (bicyclic) bond motifs is 1. The standard InChI is InChI=1S/C19H24N6O/c1-4-24-10-7-16(22-24)19(26)23-9-6-14(12-23)18-21-15-5-8-20-11-17(15)25(18)13(2)3/h5,7-8,10-11,13-14H,4,6,9,12H2,1-3H3. The summed E-state index contributed by atoms with van der Waals surface area (Å²) in [6.07, 6.45) is 6.43. The van der Waals surface area contributed by atoms with E-state index < -0.39 is 0 Å². The highest BCUT2D eigenvalue weighted by molar-refractivity contribution is 5.92. The van der Waals surface area contributed by atoms with Crippen molar-refractivity contribution in [3.05, 3.63) is 42.2 Å². The molecule has 0 spiro atoms. The van der Waals surface area contributed by atoms with Crippen LogP contribution in [0.4, 0.5) is 0 Å². The molecule has 136 valence electrons. The maximum absolute atomic E-state index is 12.8. The van der Waals surface area contributed by atoms with Crippen LogP contribution >= 0.6 is 0 Å². The second-order valence-electron chi connectivity index (χ2n) is 7.09. The van der Waals surface area contributed by atoms with Gasteiger partial charge in [0.1, 0.15) is 11.5 Å². The summed E-state index contributed by atoms with van der Waals surface area (Å²) in [4.78, 5) is 23.8. The zero-order valence-corrected chi connectivity index (χ0v) is 15.5. The number of amides is 1. The molecule has 4 heterocycles. The molecule has 3 aromatic heterocycles. The number of hydrogen-bond acceptors (Lipinski definition) is 4. The molecule has 1 aliphatic rings. The van der Waals surface area contributed by atoms with Crippen LogP contribution < -0.4 is 0 Å². The number of nitrogens with zero attached hydrogens (tertiary/aromatic N) is 6. The van der Waals surface area contributed by atoms with E-state index >= 15 is 0 Å². The predicted octanol–water partition coefficient (Wildman–Crippen LogP) is 2.86. The Balaban J connectivity index is 1.60. The van der Waals surface area contributed by atoms with Gasteiger partial charge in [-0.3, -0.25) is 14.5 Å². The molecule has 1 atom stereocenters. The van der Waals surface area contributed by atoms with Crippen molar-refractivity contribution in [3.8, 4) is 0 Å². The molecule has 3 aromatic rings. The lowest BCUT2D eigenvalue weighted by molar-refractivity contribution is 0.0783. The second kappa shape index (κ2) is 6.55. The number of hydrogen-bond donors (Lipinski definition) is 0. The van der Waals surface area contributed by atoms with Gasteiger partial charge in [-0.25, -0.2) is 4.98 Å². The van der Waals surface area contributed by atoms with Crippen molar-refractivity contribution < 1.29 is 4.79 Å². The summed E-state index contributed by atoms with van der Waals surface area (Å²) in [6.45, 7) is 8.52. The minimum Gasteiger partial charge on any atom is -0.336 e. The van der Waals surface area contributed by atoms with Crippen LogP contribution in [0.15, 0.2) is 30.7 Å². The minimum atomic E-state index is 0.00794. The van der Waals surface area contributed by atoms with Gasteiger partial charge in [0, 0.05) is 44.0 Å². The van der Waals surface area contributed by atoms with Crippen molar-refractivity contribution in [3.63, 3.8) is 0 Å². The van der Waals surface area contributed by atoms with Gasteiger partial charge in [0.05, 0.1) is 17.2 Å². The molecule has 1 amide bonds. The molecule has 0 bridgehead atoms. The molecule has 7 nitrogen and oxygen atoms in total. The van der Waals surface area contributed by atoms with E-state index in [-0.39, 0.29) is 11.8 Å². The van der Waals surface area contributed by atoms with Gasteiger partial charge in [0.25, 0.3) is 5.91 Å². The first-order valence-electron chi connectivity index (χ1n) is 9.23. The highest BCUT2D eigenvalue weighted by Gasteiger charge is 2.32. The number of imidazole rings is 1. The van der Waals surface area contributed by atoms with Gasteiger partial charge in [0.2, 0.25) is 0 Å². The highest BCUT2D eigenvalue weighted by atomic mass is 16.2. The van der Waals surface area contributed by atoms with Crippen LogP contribution in [0.25, 0.3) is 11.0 Å². The first-order chi connectivity index (χ1) is 12.6. The van der Waals surface area contributed by atoms with E-state index in [1.807, 2.05) is 30.3 Å². The molecule has 0 N–H and O–H groups in total. The van der Waals surface area contributed by atoms with Crippen LogP contribution in [0.1, 0.15) is 55.5 Å². The molecule has 0 aliphatic carbocycles. The minimum absolute atomic E-state index is 0.00794. The lowest BCUT2D eigenvalue weighted by Gasteiger charge is -2.18. The van der Waals surface area contributed by atoms with Crippen molar-refractivity contribution >= 4 is 16.9 Å². The molecule has 0 aromatic carbocycles. The SMILES string of the molecule is CCn1ccc(C(=O)N2CCC(c3nc4ccncc4n3C(C)C)C2)n1. The average molecular weight is 352 g/mol. The van der Waals surface area contributed by atoms with Gasteiger partial charge in [-0.2, -0.15) is 5.10 Å². The molecule has 26 heavy (non-hydrogen) atoms. The van der Waals surface area contributed by atoms with Gasteiger partial charge in [0.15, 0.2) is 0 Å². The van der Waals surface area contributed by atoms with Crippen molar-refractivity contribution in [2.45, 2.75) is 45.7 Å². The number of aryl methyl sites for hydroxylation is 1. The zero-order valence-electron chi connectivity index (χ0n) is 15.5. The number of aromatic nitrogens is 5. The van der Waals surface area contributed by atoms with Crippen LogP contribution in [0, 0.1) is 0 Å². The van der Waals surface area contributed by atoms with Crippen molar-refractivity contribution in [1.29, 1.82) is 0 Å². The Kier molecular flexibility index (Phi) is 4.22. The fraction of sp³-hybridized carbons (Fsp3) is 0.474. The third-order valence-corrected chi connectivity index (χ3v) is 5.06. The first-order valence-corrected chi connectivity index (χ1v) is 9.23. The third kappa shape index (κ3) is 2.77. The van der Waals surface area contributed by atoms with E-state index in [4.69, 9.17) is 4.98 Å². The maximum Gasteiger partial charge on any atom is 0.274 e. The highest BCUT2D eigenvalue weighted by Crippen LogP contribution is 2.32. The number of rotatable bonds is 4. The Hall–Kier alpha value is -2.70. The summed E-state index contributed by atoms with van der Waals surface area (Å²) < 4.78 is 4.04. The summed E-state index contributed by atoms with van der Waals surface area (Å²) in [5.41, 5.74) is 2.55. The summed E-state index contributed by atoms with van der Waals surface area (Å²) in [5.74, 6) is 1.30. The summed E-state index contributed by atoms with van der Waals surface area (Å²) in [7, 11) is 0. The molecule has 1 unspecified atom stereocenters. The lowest BCUT2D eigenvalue weighted by atomic mass is 10.1. The largest absolute Gasteiger partial charge is 0.336 e. The van der Waals surface area contributed by atoms with E-state index in [0.29, 0.717) is 18.3 Å². The molecule has 0 radical (unpaired) electrons. The van der Waals surface area contributed by atoms with Crippen molar-refractivity contribution in [2.24, 2.45) is 0 Å². The van der Waals surface area contributed by atoms with Crippen LogP contribution in [0.3, 0.4) is 0 Å². The number of carbonyl (C=O) groups is 1. The molecule has 1 fully saturated rings. The molecule has 0 saturated carbocycles. The molecular formula is C19H24N6O. The van der Waals surface area contributed by atoms with Gasteiger partial charge >= 0.3 is 0 Å². The third-order valence-electron chi connectivity index (χ3n) is 5.06. The fourth-order valence-electron chi connectivity index (χ4n) is 3.76. The van der Waals surface area contributed by atoms with Crippen LogP contribution in [-0.2, 0) is 6.54 Å². The lowest BCUT2D eigenvalue weighted by Crippen LogP contribution is -2.29. The Morgan fingerprint density at radius 3 is 2.92 bits per heavy atom. The molecule has 1 saturated heterocycles. The van der Waals surface area contributed by atoms with Gasteiger partial charge in [-0.1, -0.05) is 0 Å². The van der Waals surface area contributed by atoms with E-state index in [1.54, 1.807) is 16.9 Å². The maximum atomic E-state index is 12.8. The van der Waals surface area contributed by atoms with Gasteiger partial charge in [-0.05, 0) is 39.3 Å². The first kappa shape index (κ1) is 16.8.